The zero-order chi connectivity index (χ0) is 39.5. The van der Waals surface area contributed by atoms with Gasteiger partial charge in [0.2, 0.25) is 17.8 Å². The normalized spacial score (nSPS) is 19.5. The highest BCUT2D eigenvalue weighted by atomic mass is 32.1. The minimum Gasteiger partial charge on any atom is -0.371 e. The Kier molecular flexibility index (Phi) is 9.44. The van der Waals surface area contributed by atoms with Crippen LogP contribution < -0.4 is 20.9 Å². The first-order valence-corrected chi connectivity index (χ1v) is 20.0. The molecule has 4 amide bonds. The van der Waals surface area contributed by atoms with Crippen molar-refractivity contribution in [1.29, 1.82) is 0 Å². The number of imide groups is 2. The van der Waals surface area contributed by atoms with Gasteiger partial charge in [-0.3, -0.25) is 34.3 Å². The Morgan fingerprint density at radius 3 is 2.40 bits per heavy atom. The minimum absolute atomic E-state index is 0.0834. The summed E-state index contributed by atoms with van der Waals surface area (Å²) in [6.07, 6.45) is 4.84. The molecule has 6 heterocycles. The number of benzene rings is 3. The number of para-hydroxylation sites is 1. The maximum Gasteiger partial charge on any atom is 0.262 e. The SMILES string of the molecule is Cc1cccc(C)c1Nc1nn(C)c2nc(Nc3ccc4c(c3)CN(C(S)C3CCN(c5ccc6c(c5)C(=O)N(C5CCC(=O)NC5=O)C6=O)CC3)CC4)ncc12. The van der Waals surface area contributed by atoms with Crippen LogP contribution in [0.3, 0.4) is 0 Å². The summed E-state index contributed by atoms with van der Waals surface area (Å²) in [5.74, 6) is -0.383. The van der Waals surface area contributed by atoms with Crippen LogP contribution in [-0.4, -0.2) is 84.2 Å². The van der Waals surface area contributed by atoms with E-state index in [0.717, 1.165) is 95.4 Å². The van der Waals surface area contributed by atoms with E-state index < -0.39 is 29.7 Å². The van der Waals surface area contributed by atoms with Crippen LogP contribution in [0.5, 0.6) is 0 Å². The number of piperidine rings is 2. The number of hydrogen-bond acceptors (Lipinski definition) is 12. The van der Waals surface area contributed by atoms with Crippen LogP contribution in [0.25, 0.3) is 11.0 Å². The molecule has 2 fully saturated rings. The topological polar surface area (TPSA) is 158 Å². The number of carbonyl (C=O) groups is 4. The lowest BCUT2D eigenvalue weighted by Crippen LogP contribution is -2.54. The second-order valence-electron chi connectivity index (χ2n) is 15.5. The molecule has 4 aliphatic rings. The van der Waals surface area contributed by atoms with Crippen molar-refractivity contribution in [2.75, 3.05) is 35.2 Å². The maximum atomic E-state index is 13.4. The Bertz CT molecular complexity index is 2460. The Morgan fingerprint density at radius 1 is 0.860 bits per heavy atom. The lowest BCUT2D eigenvalue weighted by atomic mass is 9.92. The van der Waals surface area contributed by atoms with Gasteiger partial charge < -0.3 is 15.5 Å². The first kappa shape index (κ1) is 36.8. The van der Waals surface area contributed by atoms with E-state index >= 15 is 0 Å². The Hall–Kier alpha value is -5.80. The summed E-state index contributed by atoms with van der Waals surface area (Å²) in [6.45, 7) is 7.46. The highest BCUT2D eigenvalue weighted by Crippen LogP contribution is 2.36. The van der Waals surface area contributed by atoms with Gasteiger partial charge in [0.05, 0.1) is 21.9 Å². The predicted molar refractivity (Wildman–Crippen MR) is 220 cm³/mol. The van der Waals surface area contributed by atoms with E-state index in [-0.39, 0.29) is 18.2 Å². The Morgan fingerprint density at radius 2 is 1.63 bits per heavy atom. The number of amides is 4. The molecule has 0 saturated carbocycles. The average molecular weight is 785 g/mol. The van der Waals surface area contributed by atoms with Crippen LogP contribution >= 0.6 is 12.6 Å². The summed E-state index contributed by atoms with van der Waals surface area (Å²) in [6, 6.07) is 17.0. The van der Waals surface area contributed by atoms with Gasteiger partial charge in [0.25, 0.3) is 11.8 Å². The number of carbonyl (C=O) groups excluding carboxylic acids is 4. The van der Waals surface area contributed by atoms with Crippen molar-refractivity contribution in [1.82, 2.24) is 34.9 Å². The lowest BCUT2D eigenvalue weighted by Gasteiger charge is -2.41. The first-order valence-electron chi connectivity index (χ1n) is 19.5. The number of aromatic nitrogens is 4. The van der Waals surface area contributed by atoms with Crippen molar-refractivity contribution in [3.63, 3.8) is 0 Å². The molecule has 0 radical (unpaired) electrons. The molecule has 0 bridgehead atoms. The predicted octanol–water partition coefficient (Wildman–Crippen LogP) is 5.40. The maximum absolute atomic E-state index is 13.4. The summed E-state index contributed by atoms with van der Waals surface area (Å²) in [5.41, 5.74) is 9.03. The van der Waals surface area contributed by atoms with Gasteiger partial charge >= 0.3 is 0 Å². The molecule has 5 aromatic rings. The molecule has 2 atom stereocenters. The van der Waals surface area contributed by atoms with E-state index in [1.807, 2.05) is 25.4 Å². The van der Waals surface area contributed by atoms with Gasteiger partial charge in [0.15, 0.2) is 11.5 Å². The largest absolute Gasteiger partial charge is 0.371 e. The van der Waals surface area contributed by atoms with E-state index in [1.165, 1.54) is 11.1 Å². The third kappa shape index (κ3) is 6.78. The van der Waals surface area contributed by atoms with E-state index in [9.17, 15) is 19.2 Å². The lowest BCUT2D eigenvalue weighted by molar-refractivity contribution is -0.136. The molecule has 3 aromatic carbocycles. The van der Waals surface area contributed by atoms with Crippen LogP contribution in [0.2, 0.25) is 0 Å². The van der Waals surface area contributed by atoms with Crippen LogP contribution in [0.1, 0.15) is 68.7 Å². The third-order valence-corrected chi connectivity index (χ3v) is 12.7. The van der Waals surface area contributed by atoms with Crippen molar-refractivity contribution in [3.8, 4) is 0 Å². The van der Waals surface area contributed by atoms with Crippen LogP contribution in [0.15, 0.2) is 60.8 Å². The molecule has 15 heteroatoms. The molecule has 2 unspecified atom stereocenters. The van der Waals surface area contributed by atoms with Crippen molar-refractivity contribution < 1.29 is 19.2 Å². The summed E-state index contributed by atoms with van der Waals surface area (Å²) < 4.78 is 1.77. The fraction of sp³-hybridized carbons (Fsp3) is 0.357. The third-order valence-electron chi connectivity index (χ3n) is 11.9. The minimum atomic E-state index is -0.978. The molecule has 2 aromatic heterocycles. The summed E-state index contributed by atoms with van der Waals surface area (Å²) >= 11 is 5.18. The summed E-state index contributed by atoms with van der Waals surface area (Å²) in [4.78, 5) is 65.9. The van der Waals surface area contributed by atoms with Gasteiger partial charge in [0.1, 0.15) is 6.04 Å². The van der Waals surface area contributed by atoms with E-state index in [0.29, 0.717) is 23.0 Å². The number of fused-ring (bicyclic) bond motifs is 3. The van der Waals surface area contributed by atoms with Gasteiger partial charge in [0, 0.05) is 62.9 Å². The van der Waals surface area contributed by atoms with Crippen molar-refractivity contribution >= 4 is 76.1 Å². The van der Waals surface area contributed by atoms with Crippen molar-refractivity contribution in [2.24, 2.45) is 13.0 Å². The zero-order valence-electron chi connectivity index (χ0n) is 32.1. The van der Waals surface area contributed by atoms with Crippen molar-refractivity contribution in [2.45, 2.75) is 63.9 Å². The van der Waals surface area contributed by atoms with Crippen LogP contribution in [0, 0.1) is 19.8 Å². The quantitative estimate of drug-likeness (QED) is 0.118. The molecule has 3 N–H and O–H groups in total. The summed E-state index contributed by atoms with van der Waals surface area (Å²) in [7, 11) is 1.89. The van der Waals surface area contributed by atoms with E-state index in [4.69, 9.17) is 22.7 Å². The van der Waals surface area contributed by atoms with Crippen molar-refractivity contribution in [3.05, 3.63) is 94.2 Å². The number of hydrogen-bond donors (Lipinski definition) is 4. The molecule has 4 aliphatic heterocycles. The molecule has 292 valence electrons. The average Bonchev–Trinajstić information content (AvgIpc) is 3.65. The molecule has 9 rings (SSSR count). The number of nitrogens with zero attached hydrogens (tertiary/aromatic N) is 7. The van der Waals surface area contributed by atoms with E-state index in [1.54, 1.807) is 16.8 Å². The molecular formula is C42H44N10O4S. The second-order valence-corrected chi connectivity index (χ2v) is 16.1. The first-order chi connectivity index (χ1) is 27.5. The molecular weight excluding hydrogens is 741 g/mol. The van der Waals surface area contributed by atoms with Gasteiger partial charge in [-0.15, -0.1) is 0 Å². The molecule has 57 heavy (non-hydrogen) atoms. The standard InChI is InChI=1S/C42H44N10O4S/c1-23-5-4-6-24(2)35(23)46-36-32-21-43-42(47-37(32)49(3)48-36)44-28-8-7-25-13-18-51(22-27(25)19-28)41(57)26-14-16-50(17-15-26)29-9-10-30-31(20-29)40(56)52(39(30)55)33-11-12-34(53)45-38(33)54/h4-10,19-21,26,33,41,57H,11-18,22H2,1-3H3,(H,46,48)(H,43,44,47)(H,45,53,54). The Balaban J connectivity index is 0.827. The van der Waals surface area contributed by atoms with Gasteiger partial charge in [-0.1, -0.05) is 24.3 Å². The molecule has 0 aliphatic carbocycles. The van der Waals surface area contributed by atoms with Crippen LogP contribution in [0.4, 0.5) is 28.8 Å². The molecule has 14 nitrogen and oxygen atoms in total. The number of nitrogens with one attached hydrogen (secondary N) is 3. The number of thiol groups is 1. The highest BCUT2D eigenvalue weighted by Gasteiger charge is 2.45. The zero-order valence-corrected chi connectivity index (χ0v) is 33.0. The van der Waals surface area contributed by atoms with Crippen LogP contribution in [-0.2, 0) is 29.6 Å². The highest BCUT2D eigenvalue weighted by molar-refractivity contribution is 7.80. The number of aryl methyl sites for hydroxylation is 3. The monoisotopic (exact) mass is 784 g/mol. The fourth-order valence-corrected chi connectivity index (χ4v) is 9.24. The number of rotatable bonds is 8. The number of anilines is 5. The second kappa shape index (κ2) is 14.6. The van der Waals surface area contributed by atoms with Gasteiger partial charge in [-0.05, 0) is 98.0 Å². The smallest absolute Gasteiger partial charge is 0.262 e. The molecule has 0 spiro atoms. The Labute approximate surface area is 335 Å². The summed E-state index contributed by atoms with van der Waals surface area (Å²) in [5, 5.41) is 14.8. The van der Waals surface area contributed by atoms with Gasteiger partial charge in [-0.2, -0.15) is 22.7 Å². The fourth-order valence-electron chi connectivity index (χ4n) is 8.74. The molecule has 2 saturated heterocycles. The van der Waals surface area contributed by atoms with E-state index in [2.05, 4.69) is 74.9 Å². The van der Waals surface area contributed by atoms with Gasteiger partial charge in [-0.25, -0.2) is 9.67 Å².